The van der Waals surface area contributed by atoms with Gasteiger partial charge in [-0.05, 0) is 37.9 Å². The Bertz CT molecular complexity index is 393. The molecule has 94 valence electrons. The van der Waals surface area contributed by atoms with Crippen LogP contribution in [0.4, 0.5) is 0 Å². The maximum absolute atomic E-state index is 12.0. The highest BCUT2D eigenvalue weighted by Gasteiger charge is 2.17. The van der Waals surface area contributed by atoms with Crippen LogP contribution in [0.5, 0.6) is 0 Å². The van der Waals surface area contributed by atoms with Crippen LogP contribution in [0.2, 0.25) is 0 Å². The summed E-state index contributed by atoms with van der Waals surface area (Å²) in [4.78, 5) is 12.0. The van der Waals surface area contributed by atoms with Crippen LogP contribution >= 0.6 is 0 Å². The first-order chi connectivity index (χ1) is 8.20. The predicted molar refractivity (Wildman–Crippen MR) is 65.9 cm³/mol. The highest BCUT2D eigenvalue weighted by atomic mass is 16.2. The number of aromatic nitrogens is 2. The van der Waals surface area contributed by atoms with Crippen LogP contribution in [-0.4, -0.2) is 35.3 Å². The largest absolute Gasteiger partial charge is 0.350 e. The van der Waals surface area contributed by atoms with Crippen molar-refractivity contribution in [3.8, 4) is 0 Å². The van der Waals surface area contributed by atoms with Crippen LogP contribution < -0.4 is 10.6 Å². The van der Waals surface area contributed by atoms with Gasteiger partial charge in [0, 0.05) is 13.6 Å². The second-order valence-corrected chi connectivity index (χ2v) is 4.57. The number of hydrogen-bond acceptors (Lipinski definition) is 3. The van der Waals surface area contributed by atoms with Gasteiger partial charge in [-0.15, -0.1) is 0 Å². The van der Waals surface area contributed by atoms with Crippen molar-refractivity contribution in [3.05, 3.63) is 17.5 Å². The Hall–Kier alpha value is -1.36. The zero-order valence-electron chi connectivity index (χ0n) is 10.5. The average Bonchev–Trinajstić information content (AvgIpc) is 2.94. The van der Waals surface area contributed by atoms with Crippen molar-refractivity contribution in [1.82, 2.24) is 20.4 Å². The molecule has 0 bridgehead atoms. The Kier molecular flexibility index (Phi) is 3.78. The lowest BCUT2D eigenvalue weighted by Crippen LogP contribution is -2.31. The van der Waals surface area contributed by atoms with E-state index in [1.807, 2.05) is 20.0 Å². The molecule has 2 heterocycles. The van der Waals surface area contributed by atoms with E-state index < -0.39 is 0 Å². The molecule has 1 amide bonds. The van der Waals surface area contributed by atoms with Crippen LogP contribution in [0.3, 0.4) is 0 Å². The van der Waals surface area contributed by atoms with Gasteiger partial charge in [0.25, 0.3) is 5.91 Å². The number of nitrogens with one attached hydrogen (secondary N) is 2. The molecule has 17 heavy (non-hydrogen) atoms. The number of nitrogens with zero attached hydrogens (tertiary/aromatic N) is 2. The third-order valence-corrected chi connectivity index (χ3v) is 3.24. The van der Waals surface area contributed by atoms with E-state index in [1.165, 1.54) is 0 Å². The van der Waals surface area contributed by atoms with Crippen molar-refractivity contribution in [3.63, 3.8) is 0 Å². The highest BCUT2D eigenvalue weighted by Crippen LogP contribution is 2.07. The molecule has 1 saturated heterocycles. The molecule has 1 aliphatic rings. The van der Waals surface area contributed by atoms with E-state index in [1.54, 1.807) is 4.68 Å². The molecule has 5 heteroatoms. The second-order valence-electron chi connectivity index (χ2n) is 4.57. The van der Waals surface area contributed by atoms with Gasteiger partial charge < -0.3 is 10.6 Å². The maximum atomic E-state index is 12.0. The molecule has 1 aliphatic heterocycles. The summed E-state index contributed by atoms with van der Waals surface area (Å²) in [7, 11) is 1.81. The van der Waals surface area contributed by atoms with Gasteiger partial charge in [0.2, 0.25) is 0 Å². The first kappa shape index (κ1) is 12.1. The summed E-state index contributed by atoms with van der Waals surface area (Å²) >= 11 is 0. The second kappa shape index (κ2) is 5.31. The van der Waals surface area contributed by atoms with Crippen molar-refractivity contribution < 1.29 is 4.79 Å². The smallest absolute Gasteiger partial charge is 0.269 e. The van der Waals surface area contributed by atoms with E-state index in [9.17, 15) is 4.79 Å². The van der Waals surface area contributed by atoms with Crippen LogP contribution in [0.25, 0.3) is 0 Å². The number of carbonyl (C=O) groups excluding carboxylic acids is 1. The average molecular weight is 236 g/mol. The van der Waals surface area contributed by atoms with Gasteiger partial charge in [-0.25, -0.2) is 0 Å². The van der Waals surface area contributed by atoms with E-state index in [0.29, 0.717) is 11.6 Å². The Morgan fingerprint density at radius 3 is 3.12 bits per heavy atom. The molecule has 0 spiro atoms. The Morgan fingerprint density at radius 1 is 1.71 bits per heavy atom. The monoisotopic (exact) mass is 236 g/mol. The summed E-state index contributed by atoms with van der Waals surface area (Å²) in [6, 6.07) is 1.86. The van der Waals surface area contributed by atoms with Gasteiger partial charge in [-0.2, -0.15) is 5.10 Å². The quantitative estimate of drug-likeness (QED) is 0.791. The molecule has 0 saturated carbocycles. The van der Waals surface area contributed by atoms with Crippen molar-refractivity contribution in [2.45, 2.75) is 19.8 Å². The lowest BCUT2D eigenvalue weighted by molar-refractivity contribution is 0.0939. The maximum Gasteiger partial charge on any atom is 0.269 e. The Labute approximate surface area is 102 Å². The van der Waals surface area contributed by atoms with Crippen molar-refractivity contribution in [1.29, 1.82) is 0 Å². The topological polar surface area (TPSA) is 59.0 Å². The van der Waals surface area contributed by atoms with Crippen LogP contribution in [0.15, 0.2) is 6.07 Å². The Morgan fingerprint density at radius 2 is 2.53 bits per heavy atom. The van der Waals surface area contributed by atoms with Gasteiger partial charge in [-0.3, -0.25) is 9.48 Å². The van der Waals surface area contributed by atoms with Crippen molar-refractivity contribution in [2.75, 3.05) is 19.6 Å². The standard InChI is InChI=1S/C12H20N4O/c1-3-10-6-11(16(2)15-10)12(17)14-8-9-4-5-13-7-9/h6,9,13H,3-5,7-8H2,1-2H3,(H,14,17). The molecule has 5 nitrogen and oxygen atoms in total. The van der Waals surface area contributed by atoms with E-state index in [0.717, 1.165) is 38.2 Å². The van der Waals surface area contributed by atoms with E-state index in [-0.39, 0.29) is 5.91 Å². The summed E-state index contributed by atoms with van der Waals surface area (Å²) in [6.45, 7) is 4.85. The van der Waals surface area contributed by atoms with Gasteiger partial charge in [0.05, 0.1) is 5.69 Å². The number of amides is 1. The molecule has 0 aromatic carbocycles. The summed E-state index contributed by atoms with van der Waals surface area (Å²) < 4.78 is 1.65. The first-order valence-electron chi connectivity index (χ1n) is 6.22. The number of rotatable bonds is 4. The van der Waals surface area contributed by atoms with E-state index in [4.69, 9.17) is 0 Å². The van der Waals surface area contributed by atoms with E-state index in [2.05, 4.69) is 15.7 Å². The third-order valence-electron chi connectivity index (χ3n) is 3.24. The fourth-order valence-electron chi connectivity index (χ4n) is 2.13. The zero-order valence-corrected chi connectivity index (χ0v) is 10.5. The van der Waals surface area contributed by atoms with Gasteiger partial charge in [-0.1, -0.05) is 6.92 Å². The van der Waals surface area contributed by atoms with Crippen molar-refractivity contribution in [2.24, 2.45) is 13.0 Å². The zero-order chi connectivity index (χ0) is 12.3. The molecule has 0 aliphatic carbocycles. The summed E-state index contributed by atoms with van der Waals surface area (Å²) in [6.07, 6.45) is 2.00. The third kappa shape index (κ3) is 2.85. The summed E-state index contributed by atoms with van der Waals surface area (Å²) in [5.74, 6) is 0.546. The first-order valence-corrected chi connectivity index (χ1v) is 6.22. The molecule has 1 aromatic rings. The van der Waals surface area contributed by atoms with Crippen LogP contribution in [-0.2, 0) is 13.5 Å². The fourth-order valence-corrected chi connectivity index (χ4v) is 2.13. The number of carbonyl (C=O) groups is 1. The predicted octanol–water partition coefficient (Wildman–Crippen LogP) is 0.322. The van der Waals surface area contributed by atoms with Crippen LogP contribution in [0, 0.1) is 5.92 Å². The minimum absolute atomic E-state index is 0.0217. The minimum Gasteiger partial charge on any atom is -0.350 e. The molecule has 0 radical (unpaired) electrons. The normalized spacial score (nSPS) is 19.5. The van der Waals surface area contributed by atoms with Gasteiger partial charge in [0.15, 0.2) is 0 Å². The molecule has 2 rings (SSSR count). The number of hydrogen-bond donors (Lipinski definition) is 2. The van der Waals surface area contributed by atoms with E-state index >= 15 is 0 Å². The molecule has 1 fully saturated rings. The van der Waals surface area contributed by atoms with Gasteiger partial charge >= 0.3 is 0 Å². The Balaban J connectivity index is 1.91. The molecule has 1 unspecified atom stereocenters. The van der Waals surface area contributed by atoms with Gasteiger partial charge in [0.1, 0.15) is 5.69 Å². The molecular formula is C12H20N4O. The fraction of sp³-hybridized carbons (Fsp3) is 0.667. The highest BCUT2D eigenvalue weighted by molar-refractivity contribution is 5.92. The lowest BCUT2D eigenvalue weighted by atomic mass is 10.1. The number of aryl methyl sites for hydroxylation is 2. The molecule has 2 N–H and O–H groups in total. The summed E-state index contributed by atoms with van der Waals surface area (Å²) in [5.41, 5.74) is 1.60. The minimum atomic E-state index is -0.0217. The molecule has 1 atom stereocenters. The lowest BCUT2D eigenvalue weighted by Gasteiger charge is -2.09. The van der Waals surface area contributed by atoms with Crippen molar-refractivity contribution >= 4 is 5.91 Å². The van der Waals surface area contributed by atoms with Crippen LogP contribution in [0.1, 0.15) is 29.5 Å². The SMILES string of the molecule is CCc1cc(C(=O)NCC2CCNC2)n(C)n1. The summed E-state index contributed by atoms with van der Waals surface area (Å²) in [5, 5.41) is 10.5. The molecular weight excluding hydrogens is 216 g/mol. The molecule has 1 aromatic heterocycles.